The van der Waals surface area contributed by atoms with E-state index < -0.39 is 0 Å². The molecule has 0 fully saturated rings. The van der Waals surface area contributed by atoms with Crippen molar-refractivity contribution in [1.29, 1.82) is 0 Å². The SMILES string of the molecule is Cc1nc2cc(CC(=O)C(C)(C)C)ccc2s1. The molecule has 0 aliphatic heterocycles. The predicted octanol–water partition coefficient (Wildman–Crippen LogP) is 3.76. The Morgan fingerprint density at radius 3 is 2.71 bits per heavy atom. The van der Waals surface area contributed by atoms with Gasteiger partial charge in [0.1, 0.15) is 5.78 Å². The molecule has 0 aliphatic carbocycles. The Morgan fingerprint density at radius 2 is 2.06 bits per heavy atom. The second-order valence-electron chi connectivity index (χ2n) is 5.38. The Balaban J connectivity index is 2.28. The number of aryl methyl sites for hydroxylation is 1. The van der Waals surface area contributed by atoms with Crippen LogP contribution in [0.1, 0.15) is 31.3 Å². The monoisotopic (exact) mass is 247 g/mol. The van der Waals surface area contributed by atoms with Gasteiger partial charge < -0.3 is 0 Å². The number of aromatic nitrogens is 1. The van der Waals surface area contributed by atoms with E-state index in [9.17, 15) is 4.79 Å². The lowest BCUT2D eigenvalue weighted by molar-refractivity contribution is -0.125. The first-order valence-electron chi connectivity index (χ1n) is 5.75. The lowest BCUT2D eigenvalue weighted by Crippen LogP contribution is -2.21. The Kier molecular flexibility index (Phi) is 3.04. The van der Waals surface area contributed by atoms with Crippen molar-refractivity contribution in [2.24, 2.45) is 5.41 Å². The van der Waals surface area contributed by atoms with Crippen LogP contribution in [0.2, 0.25) is 0 Å². The van der Waals surface area contributed by atoms with E-state index in [1.807, 2.05) is 39.8 Å². The van der Waals surface area contributed by atoms with Crippen molar-refractivity contribution < 1.29 is 4.79 Å². The van der Waals surface area contributed by atoms with Gasteiger partial charge in [-0.2, -0.15) is 0 Å². The maximum absolute atomic E-state index is 12.0. The van der Waals surface area contributed by atoms with Gasteiger partial charge >= 0.3 is 0 Å². The zero-order valence-electron chi connectivity index (χ0n) is 10.7. The Bertz CT molecular complexity index is 563. The summed E-state index contributed by atoms with van der Waals surface area (Å²) in [4.78, 5) is 16.4. The molecule has 0 saturated heterocycles. The van der Waals surface area contributed by atoms with E-state index in [0.717, 1.165) is 16.1 Å². The van der Waals surface area contributed by atoms with Gasteiger partial charge in [-0.3, -0.25) is 4.79 Å². The number of carbonyl (C=O) groups is 1. The normalized spacial score (nSPS) is 12.0. The fourth-order valence-electron chi connectivity index (χ4n) is 1.65. The summed E-state index contributed by atoms with van der Waals surface area (Å²) in [5.41, 5.74) is 1.79. The highest BCUT2D eigenvalue weighted by molar-refractivity contribution is 7.18. The molecular formula is C14H17NOS. The summed E-state index contributed by atoms with van der Waals surface area (Å²) in [5.74, 6) is 0.267. The number of fused-ring (bicyclic) bond motifs is 1. The Hall–Kier alpha value is -1.22. The molecule has 0 aliphatic rings. The van der Waals surface area contributed by atoms with Crippen LogP contribution in [0, 0.1) is 12.3 Å². The first-order chi connectivity index (χ1) is 7.86. The molecule has 0 amide bonds. The quantitative estimate of drug-likeness (QED) is 0.808. The zero-order chi connectivity index (χ0) is 12.6. The molecule has 90 valence electrons. The molecule has 0 saturated carbocycles. The van der Waals surface area contributed by atoms with Crippen molar-refractivity contribution >= 4 is 27.3 Å². The van der Waals surface area contributed by atoms with Gasteiger partial charge in [0, 0.05) is 11.8 Å². The highest BCUT2D eigenvalue weighted by Crippen LogP contribution is 2.24. The van der Waals surface area contributed by atoms with E-state index in [1.165, 1.54) is 4.70 Å². The van der Waals surface area contributed by atoms with Gasteiger partial charge in [-0.15, -0.1) is 11.3 Å². The zero-order valence-corrected chi connectivity index (χ0v) is 11.5. The molecule has 1 heterocycles. The first kappa shape index (κ1) is 12.2. The minimum absolute atomic E-state index is 0.267. The van der Waals surface area contributed by atoms with Gasteiger partial charge in [0.2, 0.25) is 0 Å². The standard InChI is InChI=1S/C14H17NOS/c1-9-15-11-7-10(5-6-12(11)17-9)8-13(16)14(2,3)4/h5-7H,8H2,1-4H3. The van der Waals surface area contributed by atoms with Gasteiger partial charge in [0.25, 0.3) is 0 Å². The largest absolute Gasteiger partial charge is 0.299 e. The third kappa shape index (κ3) is 2.72. The number of nitrogens with zero attached hydrogens (tertiary/aromatic N) is 1. The van der Waals surface area contributed by atoms with Crippen molar-refractivity contribution in [3.63, 3.8) is 0 Å². The maximum Gasteiger partial charge on any atom is 0.142 e. The molecule has 2 nitrogen and oxygen atoms in total. The minimum atomic E-state index is -0.271. The second-order valence-corrected chi connectivity index (χ2v) is 6.62. The summed E-state index contributed by atoms with van der Waals surface area (Å²) in [5, 5.41) is 1.07. The van der Waals surface area contributed by atoms with Crippen LogP contribution in [0.3, 0.4) is 0 Å². The van der Waals surface area contributed by atoms with E-state index in [4.69, 9.17) is 0 Å². The third-order valence-electron chi connectivity index (χ3n) is 2.76. The molecular weight excluding hydrogens is 230 g/mol. The molecule has 2 rings (SSSR count). The molecule has 0 bridgehead atoms. The molecule has 1 aromatic carbocycles. The lowest BCUT2D eigenvalue weighted by Gasteiger charge is -2.16. The van der Waals surface area contributed by atoms with Crippen molar-refractivity contribution in [1.82, 2.24) is 4.98 Å². The molecule has 17 heavy (non-hydrogen) atoms. The number of thiazole rings is 1. The van der Waals surface area contributed by atoms with Crippen molar-refractivity contribution in [2.75, 3.05) is 0 Å². The Morgan fingerprint density at radius 1 is 1.35 bits per heavy atom. The average Bonchev–Trinajstić information content (AvgIpc) is 2.55. The van der Waals surface area contributed by atoms with E-state index in [2.05, 4.69) is 11.1 Å². The van der Waals surface area contributed by atoms with Gasteiger partial charge in [-0.05, 0) is 24.6 Å². The lowest BCUT2D eigenvalue weighted by atomic mass is 9.87. The van der Waals surface area contributed by atoms with Crippen LogP contribution < -0.4 is 0 Å². The number of hydrogen-bond acceptors (Lipinski definition) is 3. The summed E-state index contributed by atoms with van der Waals surface area (Å²) in [6.07, 6.45) is 0.496. The van der Waals surface area contributed by atoms with E-state index in [1.54, 1.807) is 11.3 Å². The van der Waals surface area contributed by atoms with Crippen LogP contribution >= 0.6 is 11.3 Å². The maximum atomic E-state index is 12.0. The average molecular weight is 247 g/mol. The highest BCUT2D eigenvalue weighted by atomic mass is 32.1. The smallest absolute Gasteiger partial charge is 0.142 e. The van der Waals surface area contributed by atoms with Crippen LogP contribution in [0.5, 0.6) is 0 Å². The van der Waals surface area contributed by atoms with E-state index in [-0.39, 0.29) is 11.2 Å². The van der Waals surface area contributed by atoms with Crippen molar-refractivity contribution in [2.45, 2.75) is 34.1 Å². The number of Topliss-reactive ketones (excluding diaryl/α,β-unsaturated/α-hetero) is 1. The summed E-state index contributed by atoms with van der Waals surface area (Å²) in [6, 6.07) is 6.12. The summed E-state index contributed by atoms with van der Waals surface area (Å²) in [6.45, 7) is 7.88. The van der Waals surface area contributed by atoms with Crippen LogP contribution in [-0.2, 0) is 11.2 Å². The second kappa shape index (κ2) is 4.22. The molecule has 0 N–H and O–H groups in total. The van der Waals surface area contributed by atoms with Crippen LogP contribution in [0.15, 0.2) is 18.2 Å². The van der Waals surface area contributed by atoms with Gasteiger partial charge in [-0.25, -0.2) is 4.98 Å². The minimum Gasteiger partial charge on any atom is -0.299 e. The summed E-state index contributed by atoms with van der Waals surface area (Å²) < 4.78 is 1.19. The Labute approximate surface area is 106 Å². The fraction of sp³-hybridized carbons (Fsp3) is 0.429. The first-order valence-corrected chi connectivity index (χ1v) is 6.57. The van der Waals surface area contributed by atoms with E-state index >= 15 is 0 Å². The number of benzene rings is 1. The summed E-state index contributed by atoms with van der Waals surface area (Å²) in [7, 11) is 0. The molecule has 2 aromatic rings. The molecule has 0 unspecified atom stereocenters. The number of carbonyl (C=O) groups excluding carboxylic acids is 1. The summed E-state index contributed by atoms with van der Waals surface area (Å²) >= 11 is 1.69. The number of ketones is 1. The van der Waals surface area contributed by atoms with Gasteiger partial charge in [0.15, 0.2) is 0 Å². The molecule has 3 heteroatoms. The predicted molar refractivity (Wildman–Crippen MR) is 72.5 cm³/mol. The van der Waals surface area contributed by atoms with Gasteiger partial charge in [-0.1, -0.05) is 26.8 Å². The topological polar surface area (TPSA) is 30.0 Å². The van der Waals surface area contributed by atoms with Crippen molar-refractivity contribution in [3.8, 4) is 0 Å². The van der Waals surface area contributed by atoms with Crippen LogP contribution in [0.4, 0.5) is 0 Å². The molecule has 0 spiro atoms. The number of hydrogen-bond donors (Lipinski definition) is 0. The highest BCUT2D eigenvalue weighted by Gasteiger charge is 2.21. The third-order valence-corrected chi connectivity index (χ3v) is 3.71. The van der Waals surface area contributed by atoms with Crippen molar-refractivity contribution in [3.05, 3.63) is 28.8 Å². The van der Waals surface area contributed by atoms with Gasteiger partial charge in [0.05, 0.1) is 15.2 Å². The van der Waals surface area contributed by atoms with E-state index in [0.29, 0.717) is 6.42 Å². The number of rotatable bonds is 2. The van der Waals surface area contributed by atoms with Crippen LogP contribution in [0.25, 0.3) is 10.2 Å². The molecule has 0 radical (unpaired) electrons. The van der Waals surface area contributed by atoms with Crippen LogP contribution in [-0.4, -0.2) is 10.8 Å². The molecule has 0 atom stereocenters. The molecule has 1 aromatic heterocycles. The fourth-order valence-corrected chi connectivity index (χ4v) is 2.46.